The van der Waals surface area contributed by atoms with Crippen LogP contribution in [-0.4, -0.2) is 23.5 Å². The van der Waals surface area contributed by atoms with Crippen molar-refractivity contribution < 1.29 is 0 Å². The van der Waals surface area contributed by atoms with E-state index < -0.39 is 0 Å². The van der Waals surface area contributed by atoms with Crippen LogP contribution >= 0.6 is 23.5 Å². The number of rotatable bonds is 4. The van der Waals surface area contributed by atoms with Crippen LogP contribution in [0.5, 0.6) is 0 Å². The van der Waals surface area contributed by atoms with E-state index in [-0.39, 0.29) is 0 Å². The van der Waals surface area contributed by atoms with Crippen LogP contribution in [-0.2, 0) is 0 Å². The third-order valence-corrected chi connectivity index (χ3v) is 2.41. The third kappa shape index (κ3) is 36.7. The summed E-state index contributed by atoms with van der Waals surface area (Å²) in [5.74, 6) is 3.89. The second-order valence-electron chi connectivity index (χ2n) is 1.19. The fourth-order valence-corrected chi connectivity index (χ4v) is 1.71. The molecule has 0 N–H and O–H groups in total. The summed E-state index contributed by atoms with van der Waals surface area (Å²) in [4.78, 5) is 0. The number of hydrogen-bond acceptors (Lipinski definition) is 2. The summed E-state index contributed by atoms with van der Waals surface area (Å²) >= 11 is 3.93. The van der Waals surface area contributed by atoms with Crippen molar-refractivity contribution in [1.82, 2.24) is 0 Å². The zero-order chi connectivity index (χ0) is 9.54. The van der Waals surface area contributed by atoms with Gasteiger partial charge < -0.3 is 0 Å². The molecule has 2 heteroatoms. The molecular formula is C9H24S2. The molecule has 0 amide bonds. The minimum absolute atomic E-state index is 1.26. The van der Waals surface area contributed by atoms with E-state index in [1.54, 1.807) is 0 Å². The summed E-state index contributed by atoms with van der Waals surface area (Å²) in [6.07, 6.45) is 2.15. The molecule has 11 heavy (non-hydrogen) atoms. The first kappa shape index (κ1) is 17.7. The third-order valence-electron chi connectivity index (χ3n) is 0.636. The summed E-state index contributed by atoms with van der Waals surface area (Å²) in [6, 6.07) is 0. The lowest BCUT2D eigenvalue weighted by Gasteiger charge is -1.91. The lowest BCUT2D eigenvalue weighted by Crippen LogP contribution is -1.80. The van der Waals surface area contributed by atoms with Gasteiger partial charge in [0.15, 0.2) is 0 Å². The molecule has 0 saturated carbocycles. The van der Waals surface area contributed by atoms with Crippen molar-refractivity contribution in [2.24, 2.45) is 0 Å². The highest BCUT2D eigenvalue weighted by atomic mass is 32.2. The van der Waals surface area contributed by atoms with Gasteiger partial charge in [-0.25, -0.2) is 0 Å². The fraction of sp³-hybridized carbons (Fsp3) is 1.00. The molecule has 72 valence electrons. The predicted molar refractivity (Wildman–Crippen MR) is 64.1 cm³/mol. The second kappa shape index (κ2) is 31.0. The summed E-state index contributed by atoms with van der Waals surface area (Å²) in [5.41, 5.74) is 0. The van der Waals surface area contributed by atoms with E-state index in [4.69, 9.17) is 0 Å². The molecule has 0 unspecified atom stereocenters. The summed E-state index contributed by atoms with van der Waals surface area (Å²) in [6.45, 7) is 10.2. The monoisotopic (exact) mass is 196 g/mol. The molecule has 0 nitrogen and oxygen atoms in total. The van der Waals surface area contributed by atoms with Crippen LogP contribution < -0.4 is 0 Å². The van der Waals surface area contributed by atoms with Crippen molar-refractivity contribution in [3.63, 3.8) is 0 Å². The van der Waals surface area contributed by atoms with Gasteiger partial charge in [0.25, 0.3) is 0 Å². The van der Waals surface area contributed by atoms with E-state index in [2.05, 4.69) is 13.2 Å². The van der Waals surface area contributed by atoms with Gasteiger partial charge in [0.05, 0.1) is 0 Å². The average Bonchev–Trinajstić information content (AvgIpc) is 2.13. The molecule has 0 aromatic carbocycles. The normalized spacial score (nSPS) is 7.09. The molecule has 0 atom stereocenters. The van der Waals surface area contributed by atoms with Crippen LogP contribution in [0.4, 0.5) is 0 Å². The Labute approximate surface area is 81.9 Å². The maximum absolute atomic E-state index is 2.20. The van der Waals surface area contributed by atoms with Crippen LogP contribution in [0.25, 0.3) is 0 Å². The van der Waals surface area contributed by atoms with Gasteiger partial charge in [0, 0.05) is 11.5 Å². The molecule has 0 rings (SSSR count). The summed E-state index contributed by atoms with van der Waals surface area (Å²) < 4.78 is 0. The van der Waals surface area contributed by atoms with Crippen molar-refractivity contribution in [2.45, 2.75) is 34.6 Å². The SMILES string of the molecule is CC.CC.CCSCCSC. The van der Waals surface area contributed by atoms with Gasteiger partial charge in [0.1, 0.15) is 0 Å². The first-order chi connectivity index (χ1) is 5.41. The van der Waals surface area contributed by atoms with Crippen molar-refractivity contribution in [1.29, 1.82) is 0 Å². The van der Waals surface area contributed by atoms with Gasteiger partial charge in [-0.2, -0.15) is 23.5 Å². The highest BCUT2D eigenvalue weighted by Crippen LogP contribution is 2.01. The minimum atomic E-state index is 1.26. The van der Waals surface area contributed by atoms with Crippen LogP contribution in [0.15, 0.2) is 0 Å². The van der Waals surface area contributed by atoms with Crippen LogP contribution in [0.2, 0.25) is 0 Å². The lowest BCUT2D eigenvalue weighted by molar-refractivity contribution is 1.48. The predicted octanol–water partition coefficient (Wildman–Crippen LogP) is 4.15. The maximum atomic E-state index is 2.20. The summed E-state index contributed by atoms with van der Waals surface area (Å²) in [5, 5.41) is 0. The summed E-state index contributed by atoms with van der Waals surface area (Å²) in [7, 11) is 0. The molecule has 0 bridgehead atoms. The Bertz CT molecular complexity index is 26.7. The topological polar surface area (TPSA) is 0 Å². The standard InChI is InChI=1S/C5H12S2.2C2H6/c1-3-7-5-4-6-2;2*1-2/h3-5H2,1-2H3;2*1-2H3. The fourth-order valence-electron chi connectivity index (χ4n) is 0.287. The van der Waals surface area contributed by atoms with E-state index in [9.17, 15) is 0 Å². The van der Waals surface area contributed by atoms with Crippen molar-refractivity contribution in [2.75, 3.05) is 23.5 Å². The first-order valence-electron chi connectivity index (χ1n) is 4.48. The smallest absolute Gasteiger partial charge is 0.00233 e. The van der Waals surface area contributed by atoms with Gasteiger partial charge in [-0.1, -0.05) is 34.6 Å². The van der Waals surface area contributed by atoms with Gasteiger partial charge in [-0.15, -0.1) is 0 Å². The number of thioether (sulfide) groups is 2. The Morgan fingerprint density at radius 3 is 1.64 bits per heavy atom. The van der Waals surface area contributed by atoms with Crippen molar-refractivity contribution in [3.8, 4) is 0 Å². The minimum Gasteiger partial charge on any atom is -0.165 e. The number of hydrogen-bond donors (Lipinski definition) is 0. The van der Waals surface area contributed by atoms with Gasteiger partial charge in [0.2, 0.25) is 0 Å². The Morgan fingerprint density at radius 1 is 0.909 bits per heavy atom. The first-order valence-corrected chi connectivity index (χ1v) is 7.03. The van der Waals surface area contributed by atoms with E-state index in [1.165, 1.54) is 17.3 Å². The van der Waals surface area contributed by atoms with Crippen LogP contribution in [0.1, 0.15) is 34.6 Å². The van der Waals surface area contributed by atoms with Crippen LogP contribution in [0.3, 0.4) is 0 Å². The van der Waals surface area contributed by atoms with Crippen molar-refractivity contribution in [3.05, 3.63) is 0 Å². The highest BCUT2D eigenvalue weighted by Gasteiger charge is 1.80. The van der Waals surface area contributed by atoms with Crippen LogP contribution in [0, 0.1) is 0 Å². The zero-order valence-electron chi connectivity index (χ0n) is 8.94. The van der Waals surface area contributed by atoms with Gasteiger partial charge >= 0.3 is 0 Å². The van der Waals surface area contributed by atoms with Gasteiger partial charge in [-0.3, -0.25) is 0 Å². The Kier molecular flexibility index (Phi) is 49.9. The quantitative estimate of drug-likeness (QED) is 0.619. The Morgan fingerprint density at radius 2 is 1.36 bits per heavy atom. The van der Waals surface area contributed by atoms with Gasteiger partial charge in [-0.05, 0) is 12.0 Å². The molecule has 0 saturated heterocycles. The maximum Gasteiger partial charge on any atom is 0.00233 e. The molecular weight excluding hydrogens is 172 g/mol. The second-order valence-corrected chi connectivity index (χ2v) is 3.57. The molecule has 0 fully saturated rings. The van der Waals surface area contributed by atoms with Crippen molar-refractivity contribution >= 4 is 23.5 Å². The Hall–Kier alpha value is 0.700. The molecule has 0 aliphatic rings. The average molecular weight is 196 g/mol. The molecule has 0 heterocycles. The molecule has 0 spiro atoms. The molecule has 0 aromatic heterocycles. The molecule has 0 aromatic rings. The molecule has 0 radical (unpaired) electrons. The van der Waals surface area contributed by atoms with E-state index in [0.29, 0.717) is 0 Å². The highest BCUT2D eigenvalue weighted by molar-refractivity contribution is 8.02. The van der Waals surface area contributed by atoms with E-state index in [0.717, 1.165) is 0 Å². The molecule has 0 aliphatic heterocycles. The zero-order valence-corrected chi connectivity index (χ0v) is 10.6. The van der Waals surface area contributed by atoms with E-state index in [1.807, 2.05) is 51.2 Å². The van der Waals surface area contributed by atoms with E-state index >= 15 is 0 Å². The Balaban J connectivity index is -0.000000138. The lowest BCUT2D eigenvalue weighted by atomic mass is 10.9. The molecule has 0 aliphatic carbocycles. The largest absolute Gasteiger partial charge is 0.165 e.